The Morgan fingerprint density at radius 3 is 2.28 bits per heavy atom. The maximum absolute atomic E-state index is 12.2. The number of carbonyl (C=O) groups excluding carboxylic acids is 2. The summed E-state index contributed by atoms with van der Waals surface area (Å²) in [5.41, 5.74) is 0. The van der Waals surface area contributed by atoms with Gasteiger partial charge in [-0.2, -0.15) is 4.98 Å². The van der Waals surface area contributed by atoms with Crippen LogP contribution in [0, 0.1) is 11.8 Å². The molecule has 136 valence electrons. The molecule has 0 atom stereocenters. The summed E-state index contributed by atoms with van der Waals surface area (Å²) in [6, 6.07) is 1.71. The SMILES string of the molecule is COc1ccnc(N2CCC(C(=O)NCCNC(=O)C3CC3)CC2)n1. The van der Waals surface area contributed by atoms with Crippen molar-refractivity contribution in [3.63, 3.8) is 0 Å². The summed E-state index contributed by atoms with van der Waals surface area (Å²) in [6.45, 7) is 2.46. The molecule has 0 unspecified atom stereocenters. The topological polar surface area (TPSA) is 96.5 Å². The van der Waals surface area contributed by atoms with Crippen molar-refractivity contribution in [3.05, 3.63) is 12.3 Å². The molecule has 0 spiro atoms. The van der Waals surface area contributed by atoms with Crippen LogP contribution in [0.3, 0.4) is 0 Å². The van der Waals surface area contributed by atoms with Crippen LogP contribution >= 0.6 is 0 Å². The van der Waals surface area contributed by atoms with Crippen LogP contribution < -0.4 is 20.3 Å². The van der Waals surface area contributed by atoms with Gasteiger partial charge in [0, 0.05) is 50.3 Å². The highest BCUT2D eigenvalue weighted by molar-refractivity contribution is 5.81. The van der Waals surface area contributed by atoms with Crippen molar-refractivity contribution in [2.75, 3.05) is 38.2 Å². The third kappa shape index (κ3) is 4.80. The number of methoxy groups -OCH3 is 1. The molecule has 3 rings (SSSR count). The lowest BCUT2D eigenvalue weighted by Crippen LogP contribution is -2.43. The van der Waals surface area contributed by atoms with E-state index in [9.17, 15) is 9.59 Å². The number of anilines is 1. The number of ether oxygens (including phenoxy) is 1. The average molecular weight is 347 g/mol. The molecule has 1 saturated carbocycles. The van der Waals surface area contributed by atoms with Crippen LogP contribution in [0.15, 0.2) is 12.3 Å². The summed E-state index contributed by atoms with van der Waals surface area (Å²) in [7, 11) is 1.58. The number of hydrogen-bond acceptors (Lipinski definition) is 6. The Hall–Kier alpha value is -2.38. The van der Waals surface area contributed by atoms with Crippen LogP contribution in [0.4, 0.5) is 5.95 Å². The Labute approximate surface area is 147 Å². The number of hydrogen-bond donors (Lipinski definition) is 2. The van der Waals surface area contributed by atoms with E-state index in [2.05, 4.69) is 25.5 Å². The van der Waals surface area contributed by atoms with E-state index in [0.29, 0.717) is 24.9 Å². The average Bonchev–Trinajstić information content (AvgIpc) is 3.50. The van der Waals surface area contributed by atoms with Gasteiger partial charge in [-0.25, -0.2) is 4.98 Å². The molecule has 2 fully saturated rings. The van der Waals surface area contributed by atoms with Gasteiger partial charge in [0.25, 0.3) is 0 Å². The predicted molar refractivity (Wildman–Crippen MR) is 92.3 cm³/mol. The fourth-order valence-electron chi connectivity index (χ4n) is 2.95. The van der Waals surface area contributed by atoms with Gasteiger partial charge in [0.1, 0.15) is 0 Å². The molecule has 1 saturated heterocycles. The second kappa shape index (κ2) is 8.13. The highest BCUT2D eigenvalue weighted by atomic mass is 16.5. The molecule has 1 aromatic rings. The summed E-state index contributed by atoms with van der Waals surface area (Å²) < 4.78 is 5.12. The number of nitrogens with one attached hydrogen (secondary N) is 2. The van der Waals surface area contributed by atoms with Gasteiger partial charge in [0.2, 0.25) is 23.6 Å². The van der Waals surface area contributed by atoms with Crippen LogP contribution in [0.1, 0.15) is 25.7 Å². The molecule has 2 heterocycles. The Kier molecular flexibility index (Phi) is 5.67. The van der Waals surface area contributed by atoms with Gasteiger partial charge in [-0.05, 0) is 25.7 Å². The number of rotatable bonds is 7. The zero-order valence-corrected chi connectivity index (χ0v) is 14.5. The molecule has 8 nitrogen and oxygen atoms in total. The standard InChI is InChI=1S/C17H25N5O3/c1-25-14-4-7-20-17(21-14)22-10-5-13(6-11-22)16(24)19-9-8-18-15(23)12-2-3-12/h4,7,12-13H,2-3,5-6,8-11H2,1H3,(H,18,23)(H,19,24). The molecule has 2 N–H and O–H groups in total. The minimum absolute atomic E-state index is 0.000918. The number of nitrogens with zero attached hydrogens (tertiary/aromatic N) is 3. The smallest absolute Gasteiger partial charge is 0.228 e. The van der Waals surface area contributed by atoms with Crippen LogP contribution in [0.25, 0.3) is 0 Å². The number of carbonyl (C=O) groups is 2. The third-order valence-electron chi connectivity index (χ3n) is 4.65. The van der Waals surface area contributed by atoms with Gasteiger partial charge in [0.05, 0.1) is 7.11 Å². The first kappa shape index (κ1) is 17.4. The van der Waals surface area contributed by atoms with E-state index in [-0.39, 0.29) is 23.7 Å². The summed E-state index contributed by atoms with van der Waals surface area (Å²) in [5.74, 6) is 1.56. The summed E-state index contributed by atoms with van der Waals surface area (Å²) in [6.07, 6.45) is 5.19. The predicted octanol–water partition coefficient (Wildman–Crippen LogP) is 0.344. The van der Waals surface area contributed by atoms with E-state index in [1.807, 2.05) is 0 Å². The van der Waals surface area contributed by atoms with Crippen molar-refractivity contribution in [2.24, 2.45) is 11.8 Å². The number of piperidine rings is 1. The van der Waals surface area contributed by atoms with E-state index >= 15 is 0 Å². The van der Waals surface area contributed by atoms with E-state index < -0.39 is 0 Å². The molecule has 25 heavy (non-hydrogen) atoms. The molecular weight excluding hydrogens is 322 g/mol. The lowest BCUT2D eigenvalue weighted by Gasteiger charge is -2.31. The molecule has 0 radical (unpaired) electrons. The first-order valence-electron chi connectivity index (χ1n) is 8.85. The Morgan fingerprint density at radius 1 is 1.12 bits per heavy atom. The maximum Gasteiger partial charge on any atom is 0.228 e. The first-order valence-corrected chi connectivity index (χ1v) is 8.85. The van der Waals surface area contributed by atoms with Crippen LogP contribution in [0.2, 0.25) is 0 Å². The summed E-state index contributed by atoms with van der Waals surface area (Å²) >= 11 is 0. The molecule has 2 amide bonds. The van der Waals surface area contributed by atoms with Crippen molar-refractivity contribution in [1.82, 2.24) is 20.6 Å². The zero-order chi connectivity index (χ0) is 17.6. The normalized spacial score (nSPS) is 17.9. The zero-order valence-electron chi connectivity index (χ0n) is 14.5. The Balaban J connectivity index is 1.37. The number of aromatic nitrogens is 2. The minimum Gasteiger partial charge on any atom is -0.481 e. The van der Waals surface area contributed by atoms with E-state index in [4.69, 9.17) is 4.74 Å². The second-order valence-electron chi connectivity index (χ2n) is 6.52. The van der Waals surface area contributed by atoms with E-state index in [1.165, 1.54) is 0 Å². The molecule has 0 aromatic carbocycles. The van der Waals surface area contributed by atoms with Crippen LogP contribution in [-0.2, 0) is 9.59 Å². The van der Waals surface area contributed by atoms with Crippen molar-refractivity contribution in [3.8, 4) is 5.88 Å². The molecule has 0 bridgehead atoms. The maximum atomic E-state index is 12.2. The van der Waals surface area contributed by atoms with Crippen molar-refractivity contribution >= 4 is 17.8 Å². The fraction of sp³-hybridized carbons (Fsp3) is 0.647. The third-order valence-corrected chi connectivity index (χ3v) is 4.65. The van der Waals surface area contributed by atoms with E-state index in [0.717, 1.165) is 38.8 Å². The van der Waals surface area contributed by atoms with Crippen LogP contribution in [-0.4, -0.2) is 55.1 Å². The second-order valence-corrected chi connectivity index (χ2v) is 6.52. The summed E-state index contributed by atoms with van der Waals surface area (Å²) in [4.78, 5) is 34.4. The fourth-order valence-corrected chi connectivity index (χ4v) is 2.95. The van der Waals surface area contributed by atoms with Gasteiger partial charge in [-0.1, -0.05) is 0 Å². The molecule has 1 aromatic heterocycles. The van der Waals surface area contributed by atoms with Gasteiger partial charge < -0.3 is 20.3 Å². The lowest BCUT2D eigenvalue weighted by molar-refractivity contribution is -0.126. The van der Waals surface area contributed by atoms with Gasteiger partial charge >= 0.3 is 0 Å². The molecule has 1 aliphatic carbocycles. The molecule has 1 aliphatic heterocycles. The largest absolute Gasteiger partial charge is 0.481 e. The number of amides is 2. The quantitative estimate of drug-likeness (QED) is 0.691. The first-order chi connectivity index (χ1) is 12.2. The van der Waals surface area contributed by atoms with Crippen molar-refractivity contribution in [1.29, 1.82) is 0 Å². The van der Waals surface area contributed by atoms with E-state index in [1.54, 1.807) is 19.4 Å². The molecular formula is C17H25N5O3. The Morgan fingerprint density at radius 2 is 1.72 bits per heavy atom. The van der Waals surface area contributed by atoms with Gasteiger partial charge in [-0.15, -0.1) is 0 Å². The van der Waals surface area contributed by atoms with Gasteiger partial charge in [-0.3, -0.25) is 9.59 Å². The molecule has 2 aliphatic rings. The van der Waals surface area contributed by atoms with Crippen molar-refractivity contribution in [2.45, 2.75) is 25.7 Å². The highest BCUT2D eigenvalue weighted by Gasteiger charge is 2.29. The Bertz CT molecular complexity index is 612. The lowest BCUT2D eigenvalue weighted by atomic mass is 9.96. The highest BCUT2D eigenvalue weighted by Crippen LogP contribution is 2.28. The van der Waals surface area contributed by atoms with Crippen molar-refractivity contribution < 1.29 is 14.3 Å². The van der Waals surface area contributed by atoms with Crippen LogP contribution in [0.5, 0.6) is 5.88 Å². The van der Waals surface area contributed by atoms with Gasteiger partial charge in [0.15, 0.2) is 0 Å². The minimum atomic E-state index is 0.000918. The molecule has 8 heteroatoms. The monoisotopic (exact) mass is 347 g/mol. The summed E-state index contributed by atoms with van der Waals surface area (Å²) in [5, 5.41) is 5.77.